The van der Waals surface area contributed by atoms with Crippen molar-refractivity contribution in [2.45, 2.75) is 38.7 Å². The average Bonchev–Trinajstić information content (AvgIpc) is 3.16. The van der Waals surface area contributed by atoms with E-state index in [-0.39, 0.29) is 17.6 Å². The smallest absolute Gasteiger partial charge is 0.216 e. The first-order valence-electron chi connectivity index (χ1n) is 9.38. The van der Waals surface area contributed by atoms with E-state index in [1.165, 1.54) is 6.07 Å². The molecule has 0 saturated carbocycles. The molecule has 1 heterocycles. The van der Waals surface area contributed by atoms with E-state index >= 15 is 0 Å². The summed E-state index contributed by atoms with van der Waals surface area (Å²) in [5.41, 5.74) is 2.89. The Morgan fingerprint density at radius 1 is 1.10 bits per heavy atom. The number of nitrogens with zero attached hydrogens (tertiary/aromatic N) is 2. The molecule has 154 valence electrons. The number of nitrogens with one attached hydrogen (secondary N) is 2. The summed E-state index contributed by atoms with van der Waals surface area (Å²) in [6.07, 6.45) is 4.84. The van der Waals surface area contributed by atoms with Gasteiger partial charge in [0.1, 0.15) is 5.82 Å². The molecule has 29 heavy (non-hydrogen) atoms. The summed E-state index contributed by atoms with van der Waals surface area (Å²) in [5, 5.41) is 3.27. The van der Waals surface area contributed by atoms with Crippen molar-refractivity contribution in [1.29, 1.82) is 0 Å². The molecular formula is C21H25FN4O2S. The van der Waals surface area contributed by atoms with Gasteiger partial charge in [-0.3, -0.25) is 0 Å². The van der Waals surface area contributed by atoms with Gasteiger partial charge in [0, 0.05) is 31.5 Å². The van der Waals surface area contributed by atoms with Crippen molar-refractivity contribution in [3.63, 3.8) is 0 Å². The van der Waals surface area contributed by atoms with Crippen LogP contribution in [0.25, 0.3) is 5.69 Å². The lowest BCUT2D eigenvalue weighted by molar-refractivity contribution is 0.568. The molecule has 0 bridgehead atoms. The van der Waals surface area contributed by atoms with Crippen LogP contribution in [0.5, 0.6) is 0 Å². The fraction of sp³-hybridized carbons (Fsp3) is 0.286. The number of aromatic nitrogens is 2. The first-order chi connectivity index (χ1) is 13.8. The van der Waals surface area contributed by atoms with E-state index in [1.807, 2.05) is 30.3 Å². The molecule has 2 aromatic carbocycles. The zero-order valence-electron chi connectivity index (χ0n) is 16.5. The van der Waals surface area contributed by atoms with Gasteiger partial charge in [-0.05, 0) is 42.7 Å². The molecule has 2 N–H and O–H groups in total. The largest absolute Gasteiger partial charge is 0.309 e. The molecule has 6 nitrogen and oxygen atoms in total. The Bertz CT molecular complexity index is 1050. The van der Waals surface area contributed by atoms with Crippen LogP contribution in [-0.2, 0) is 28.9 Å². The molecular weight excluding hydrogens is 391 g/mol. The third kappa shape index (κ3) is 5.96. The Balaban J connectivity index is 1.63. The molecule has 0 unspecified atom stereocenters. The van der Waals surface area contributed by atoms with Crippen molar-refractivity contribution >= 4 is 10.0 Å². The van der Waals surface area contributed by atoms with Gasteiger partial charge in [-0.15, -0.1) is 0 Å². The summed E-state index contributed by atoms with van der Waals surface area (Å²) in [7, 11) is -3.40. The summed E-state index contributed by atoms with van der Waals surface area (Å²) in [6, 6.07) is 12.3. The summed E-state index contributed by atoms with van der Waals surface area (Å²) >= 11 is 0. The SMILES string of the molecule is CC(C)NS(=O)(=O)Cc1ccccc1CNCc1ccc(-n2ccnc2)c(F)c1. The monoisotopic (exact) mass is 416 g/mol. The van der Waals surface area contributed by atoms with E-state index in [2.05, 4.69) is 15.0 Å². The van der Waals surface area contributed by atoms with Crippen LogP contribution in [-0.4, -0.2) is 24.0 Å². The van der Waals surface area contributed by atoms with E-state index in [4.69, 9.17) is 0 Å². The van der Waals surface area contributed by atoms with Gasteiger partial charge in [-0.25, -0.2) is 22.5 Å². The van der Waals surface area contributed by atoms with Crippen molar-refractivity contribution in [1.82, 2.24) is 19.6 Å². The van der Waals surface area contributed by atoms with E-state index in [1.54, 1.807) is 43.2 Å². The topological polar surface area (TPSA) is 76.0 Å². The Hall–Kier alpha value is -2.55. The predicted octanol–water partition coefficient (Wildman–Crippen LogP) is 3.13. The van der Waals surface area contributed by atoms with Gasteiger partial charge < -0.3 is 9.88 Å². The molecule has 1 aromatic heterocycles. The lowest BCUT2D eigenvalue weighted by Crippen LogP contribution is -2.31. The number of rotatable bonds is 9. The minimum Gasteiger partial charge on any atom is -0.309 e. The Morgan fingerprint density at radius 3 is 2.52 bits per heavy atom. The highest BCUT2D eigenvalue weighted by Crippen LogP contribution is 2.16. The lowest BCUT2D eigenvalue weighted by atomic mass is 10.1. The highest BCUT2D eigenvalue weighted by Gasteiger charge is 2.15. The predicted molar refractivity (Wildman–Crippen MR) is 111 cm³/mol. The normalized spacial score (nSPS) is 11.9. The van der Waals surface area contributed by atoms with Crippen molar-refractivity contribution in [2.75, 3.05) is 0 Å². The zero-order chi connectivity index (χ0) is 20.9. The molecule has 0 amide bonds. The zero-order valence-corrected chi connectivity index (χ0v) is 17.3. The lowest BCUT2D eigenvalue weighted by Gasteiger charge is -2.13. The second-order valence-electron chi connectivity index (χ2n) is 7.16. The van der Waals surface area contributed by atoms with Gasteiger partial charge in [-0.2, -0.15) is 0 Å². The Morgan fingerprint density at radius 2 is 1.86 bits per heavy atom. The van der Waals surface area contributed by atoms with Gasteiger partial charge in [0.2, 0.25) is 10.0 Å². The van der Waals surface area contributed by atoms with Gasteiger partial charge in [0.05, 0.1) is 17.8 Å². The van der Waals surface area contributed by atoms with E-state index in [0.717, 1.165) is 16.7 Å². The molecule has 0 saturated heterocycles. The van der Waals surface area contributed by atoms with Crippen LogP contribution in [0.4, 0.5) is 4.39 Å². The summed E-state index contributed by atoms with van der Waals surface area (Å²) in [6.45, 7) is 4.54. The molecule has 8 heteroatoms. The first kappa shape index (κ1) is 21.2. The molecule has 0 spiro atoms. The van der Waals surface area contributed by atoms with Crippen molar-refractivity contribution in [3.05, 3.63) is 83.7 Å². The third-order valence-corrected chi connectivity index (χ3v) is 5.84. The molecule has 0 atom stereocenters. The minimum atomic E-state index is -3.40. The van der Waals surface area contributed by atoms with Crippen LogP contribution in [0.15, 0.2) is 61.2 Å². The van der Waals surface area contributed by atoms with Crippen molar-refractivity contribution < 1.29 is 12.8 Å². The summed E-state index contributed by atoms with van der Waals surface area (Å²) in [5.74, 6) is -0.398. The standard InChI is InChI=1S/C21H25FN4O2S/c1-16(2)25-29(27,28)14-19-6-4-3-5-18(19)13-24-12-17-7-8-21(20(22)11-17)26-10-9-23-15-26/h3-11,15-16,24-25H,12-14H2,1-2H3. The van der Waals surface area contributed by atoms with E-state index in [9.17, 15) is 12.8 Å². The molecule has 3 rings (SSSR count). The number of hydrogen-bond acceptors (Lipinski definition) is 4. The number of benzene rings is 2. The van der Waals surface area contributed by atoms with Gasteiger partial charge >= 0.3 is 0 Å². The van der Waals surface area contributed by atoms with Gasteiger partial charge in [0.15, 0.2) is 0 Å². The Labute approximate surface area is 170 Å². The highest BCUT2D eigenvalue weighted by molar-refractivity contribution is 7.88. The quantitative estimate of drug-likeness (QED) is 0.562. The van der Waals surface area contributed by atoms with E-state index < -0.39 is 10.0 Å². The number of imidazole rings is 1. The second-order valence-corrected chi connectivity index (χ2v) is 8.91. The maximum atomic E-state index is 14.4. The Kier molecular flexibility index (Phi) is 6.79. The molecule has 0 aliphatic carbocycles. The van der Waals surface area contributed by atoms with Crippen LogP contribution in [0.2, 0.25) is 0 Å². The van der Waals surface area contributed by atoms with E-state index in [0.29, 0.717) is 18.8 Å². The van der Waals surface area contributed by atoms with Gasteiger partial charge in [-0.1, -0.05) is 30.3 Å². The first-order valence-corrected chi connectivity index (χ1v) is 11.0. The van der Waals surface area contributed by atoms with Crippen LogP contribution in [0, 0.1) is 5.82 Å². The minimum absolute atomic E-state index is 0.0722. The highest BCUT2D eigenvalue weighted by atomic mass is 32.2. The average molecular weight is 417 g/mol. The van der Waals surface area contributed by atoms with Crippen LogP contribution >= 0.6 is 0 Å². The van der Waals surface area contributed by atoms with Gasteiger partial charge in [0.25, 0.3) is 0 Å². The molecule has 0 radical (unpaired) electrons. The van der Waals surface area contributed by atoms with Crippen molar-refractivity contribution in [3.8, 4) is 5.69 Å². The molecule has 0 fully saturated rings. The maximum Gasteiger partial charge on any atom is 0.216 e. The van der Waals surface area contributed by atoms with Crippen LogP contribution in [0.3, 0.4) is 0 Å². The fourth-order valence-electron chi connectivity index (χ4n) is 3.09. The van der Waals surface area contributed by atoms with Crippen LogP contribution in [0.1, 0.15) is 30.5 Å². The van der Waals surface area contributed by atoms with Crippen molar-refractivity contribution in [2.24, 2.45) is 0 Å². The summed E-state index contributed by atoms with van der Waals surface area (Å²) in [4.78, 5) is 3.93. The number of halogens is 1. The molecule has 0 aliphatic rings. The molecule has 3 aromatic rings. The number of sulfonamides is 1. The third-order valence-electron chi connectivity index (χ3n) is 4.32. The fourth-order valence-corrected chi connectivity index (χ4v) is 4.58. The maximum absolute atomic E-state index is 14.4. The number of hydrogen-bond donors (Lipinski definition) is 2. The second kappa shape index (κ2) is 9.30. The van der Waals surface area contributed by atoms with Crippen LogP contribution < -0.4 is 10.0 Å². The molecule has 0 aliphatic heterocycles. The summed E-state index contributed by atoms with van der Waals surface area (Å²) < 4.78 is 43.1.